The van der Waals surface area contributed by atoms with Gasteiger partial charge in [0.25, 0.3) is 5.91 Å². The molecule has 2 N–H and O–H groups in total. The van der Waals surface area contributed by atoms with Gasteiger partial charge in [-0.05, 0) is 47.6 Å². The van der Waals surface area contributed by atoms with Crippen molar-refractivity contribution in [3.05, 3.63) is 34.3 Å². The van der Waals surface area contributed by atoms with Crippen LogP contribution < -0.4 is 10.6 Å². The highest BCUT2D eigenvalue weighted by molar-refractivity contribution is 7.08. The van der Waals surface area contributed by atoms with E-state index in [1.165, 1.54) is 5.56 Å². The lowest BCUT2D eigenvalue weighted by Crippen LogP contribution is -2.13. The molecule has 5 nitrogen and oxygen atoms in total. The molecule has 3 rings (SSSR count). The van der Waals surface area contributed by atoms with Crippen LogP contribution >= 0.6 is 11.5 Å². The minimum atomic E-state index is -0.130. The zero-order chi connectivity index (χ0) is 14.1. The summed E-state index contributed by atoms with van der Waals surface area (Å²) < 4.78 is 3.88. The summed E-state index contributed by atoms with van der Waals surface area (Å²) in [5.74, 6) is 0.0633. The largest absolute Gasteiger partial charge is 0.384 e. The topological polar surface area (TPSA) is 66.9 Å². The van der Waals surface area contributed by atoms with Gasteiger partial charge in [-0.2, -0.15) is 0 Å². The predicted molar refractivity (Wildman–Crippen MR) is 80.6 cm³/mol. The molecule has 0 atom stereocenters. The Morgan fingerprint density at radius 2 is 2.30 bits per heavy atom. The van der Waals surface area contributed by atoms with Gasteiger partial charge in [0.05, 0.1) is 5.69 Å². The molecule has 1 aliphatic rings. The van der Waals surface area contributed by atoms with Crippen LogP contribution in [0.5, 0.6) is 0 Å². The van der Waals surface area contributed by atoms with E-state index in [2.05, 4.69) is 20.2 Å². The van der Waals surface area contributed by atoms with Gasteiger partial charge in [-0.3, -0.25) is 4.79 Å². The lowest BCUT2D eigenvalue weighted by Gasteiger charge is -2.07. The predicted octanol–water partition coefficient (Wildman–Crippen LogP) is 2.88. The number of rotatable bonds is 3. The second kappa shape index (κ2) is 5.20. The number of amides is 1. The van der Waals surface area contributed by atoms with E-state index < -0.39 is 0 Å². The molecule has 2 heterocycles. The molecule has 1 aromatic heterocycles. The maximum atomic E-state index is 12.3. The smallest absolute Gasteiger partial charge is 0.269 e. The number of fused-ring (bicyclic) bond motifs is 1. The zero-order valence-corrected chi connectivity index (χ0v) is 12.3. The summed E-state index contributed by atoms with van der Waals surface area (Å²) in [6.07, 6.45) is 0.998. The number of anilines is 2. The number of aromatic nitrogens is 2. The Labute approximate surface area is 121 Å². The van der Waals surface area contributed by atoms with Gasteiger partial charge in [-0.1, -0.05) is 18.3 Å². The first-order valence-corrected chi connectivity index (χ1v) is 7.43. The molecule has 104 valence electrons. The number of hydrogen-bond donors (Lipinski definition) is 2. The van der Waals surface area contributed by atoms with Crippen LogP contribution in [0.3, 0.4) is 0 Å². The highest BCUT2D eigenvalue weighted by Gasteiger charge is 2.19. The van der Waals surface area contributed by atoms with Crippen LogP contribution in [0.25, 0.3) is 0 Å². The van der Waals surface area contributed by atoms with Gasteiger partial charge in [-0.15, -0.1) is 5.10 Å². The maximum absolute atomic E-state index is 12.3. The van der Waals surface area contributed by atoms with Crippen molar-refractivity contribution in [1.82, 2.24) is 9.59 Å². The summed E-state index contributed by atoms with van der Waals surface area (Å²) in [6, 6.07) is 5.95. The third-order valence-electron chi connectivity index (χ3n) is 3.34. The minimum Gasteiger partial charge on any atom is -0.384 e. The quantitative estimate of drug-likeness (QED) is 0.911. The van der Waals surface area contributed by atoms with Gasteiger partial charge in [0.2, 0.25) is 0 Å². The molecule has 0 aliphatic carbocycles. The van der Waals surface area contributed by atoms with Crippen LogP contribution in [-0.2, 0) is 6.42 Å². The number of carbonyl (C=O) groups excluding carboxylic acids is 1. The average Bonchev–Trinajstić information content (AvgIpc) is 3.06. The molecule has 0 bridgehead atoms. The standard InChI is InChI=1S/C14H16N4OS/c1-8(2)12-13(20-18-17-12)14(19)16-10-3-4-11-9(7-10)5-6-15-11/h3-4,7-8,15H,5-6H2,1-2H3,(H,16,19). The summed E-state index contributed by atoms with van der Waals surface area (Å²) in [6.45, 7) is 4.98. The molecule has 2 aromatic rings. The van der Waals surface area contributed by atoms with Crippen molar-refractivity contribution < 1.29 is 4.79 Å². The Bertz CT molecular complexity index is 650. The van der Waals surface area contributed by atoms with Crippen molar-refractivity contribution >= 4 is 28.8 Å². The molecular formula is C14H16N4OS. The molecule has 1 aromatic carbocycles. The second-order valence-electron chi connectivity index (χ2n) is 5.14. The first kappa shape index (κ1) is 13.1. The minimum absolute atomic E-state index is 0.130. The number of carbonyl (C=O) groups is 1. The molecule has 6 heteroatoms. The Hall–Kier alpha value is -1.95. The molecular weight excluding hydrogens is 272 g/mol. The second-order valence-corrected chi connectivity index (χ2v) is 5.90. The van der Waals surface area contributed by atoms with Crippen LogP contribution in [0.4, 0.5) is 11.4 Å². The van der Waals surface area contributed by atoms with E-state index in [-0.39, 0.29) is 11.8 Å². The van der Waals surface area contributed by atoms with E-state index in [0.717, 1.165) is 41.6 Å². The lowest BCUT2D eigenvalue weighted by molar-refractivity contribution is 0.102. The van der Waals surface area contributed by atoms with Crippen molar-refractivity contribution in [2.24, 2.45) is 0 Å². The van der Waals surface area contributed by atoms with E-state index in [0.29, 0.717) is 4.88 Å². The van der Waals surface area contributed by atoms with Crippen LogP contribution in [0.1, 0.15) is 40.7 Å². The Morgan fingerprint density at radius 3 is 3.10 bits per heavy atom. The van der Waals surface area contributed by atoms with Gasteiger partial charge >= 0.3 is 0 Å². The maximum Gasteiger partial charge on any atom is 0.269 e. The fourth-order valence-electron chi connectivity index (χ4n) is 2.30. The van der Waals surface area contributed by atoms with Crippen molar-refractivity contribution in [2.45, 2.75) is 26.2 Å². The molecule has 0 fully saturated rings. The SMILES string of the molecule is CC(C)c1nnsc1C(=O)Nc1ccc2c(c1)CCN2. The Balaban J connectivity index is 1.80. The van der Waals surface area contributed by atoms with Gasteiger partial charge in [0, 0.05) is 17.9 Å². The normalized spacial score (nSPS) is 13.2. The monoisotopic (exact) mass is 288 g/mol. The molecule has 0 saturated carbocycles. The van der Waals surface area contributed by atoms with Crippen molar-refractivity contribution in [2.75, 3.05) is 17.2 Å². The highest BCUT2D eigenvalue weighted by Crippen LogP contribution is 2.26. The first-order valence-electron chi connectivity index (χ1n) is 6.65. The zero-order valence-electron chi connectivity index (χ0n) is 11.4. The molecule has 0 radical (unpaired) electrons. The Kier molecular flexibility index (Phi) is 3.40. The van der Waals surface area contributed by atoms with Crippen molar-refractivity contribution in [3.63, 3.8) is 0 Å². The Morgan fingerprint density at radius 1 is 1.45 bits per heavy atom. The summed E-state index contributed by atoms with van der Waals surface area (Å²) in [5, 5.41) is 10.3. The van der Waals surface area contributed by atoms with E-state index in [1.807, 2.05) is 32.0 Å². The van der Waals surface area contributed by atoms with Crippen molar-refractivity contribution in [3.8, 4) is 0 Å². The molecule has 0 saturated heterocycles. The summed E-state index contributed by atoms with van der Waals surface area (Å²) >= 11 is 1.15. The lowest BCUT2D eigenvalue weighted by atomic mass is 10.1. The van der Waals surface area contributed by atoms with Crippen LogP contribution in [0, 0.1) is 0 Å². The van der Waals surface area contributed by atoms with Crippen LogP contribution in [0.2, 0.25) is 0 Å². The molecule has 0 spiro atoms. The van der Waals surface area contributed by atoms with Gasteiger partial charge in [0.15, 0.2) is 0 Å². The summed E-state index contributed by atoms with van der Waals surface area (Å²) in [5.41, 5.74) is 3.98. The molecule has 1 aliphatic heterocycles. The first-order chi connectivity index (χ1) is 9.65. The van der Waals surface area contributed by atoms with Crippen LogP contribution in [0.15, 0.2) is 18.2 Å². The number of nitrogens with zero attached hydrogens (tertiary/aromatic N) is 2. The highest BCUT2D eigenvalue weighted by atomic mass is 32.1. The third-order valence-corrected chi connectivity index (χ3v) is 4.08. The van der Waals surface area contributed by atoms with Gasteiger partial charge in [0.1, 0.15) is 4.88 Å². The average molecular weight is 288 g/mol. The number of hydrogen-bond acceptors (Lipinski definition) is 5. The van der Waals surface area contributed by atoms with Crippen molar-refractivity contribution in [1.29, 1.82) is 0 Å². The summed E-state index contributed by atoms with van der Waals surface area (Å²) in [4.78, 5) is 12.9. The van der Waals surface area contributed by atoms with E-state index in [4.69, 9.17) is 0 Å². The molecule has 0 unspecified atom stereocenters. The van der Waals surface area contributed by atoms with Crippen LogP contribution in [-0.4, -0.2) is 22.0 Å². The molecule has 1 amide bonds. The summed E-state index contributed by atoms with van der Waals surface area (Å²) in [7, 11) is 0. The fraction of sp³-hybridized carbons (Fsp3) is 0.357. The third kappa shape index (κ3) is 2.38. The van der Waals surface area contributed by atoms with Gasteiger partial charge < -0.3 is 10.6 Å². The number of benzene rings is 1. The fourth-order valence-corrected chi connectivity index (χ4v) is 3.02. The van der Waals surface area contributed by atoms with E-state index >= 15 is 0 Å². The number of nitrogens with one attached hydrogen (secondary N) is 2. The molecule has 20 heavy (non-hydrogen) atoms. The van der Waals surface area contributed by atoms with Gasteiger partial charge in [-0.25, -0.2) is 0 Å². The van der Waals surface area contributed by atoms with E-state index in [9.17, 15) is 4.79 Å². The van der Waals surface area contributed by atoms with E-state index in [1.54, 1.807) is 0 Å².